The topological polar surface area (TPSA) is 101 Å². The second-order valence-electron chi connectivity index (χ2n) is 4.96. The molecule has 7 heteroatoms. The van der Waals surface area contributed by atoms with Gasteiger partial charge in [-0.3, -0.25) is 5.43 Å². The summed E-state index contributed by atoms with van der Waals surface area (Å²) in [5, 5.41) is 15.6. The van der Waals surface area contributed by atoms with E-state index in [1.807, 2.05) is 30.3 Å². The number of nitrogens with zero attached hydrogens (tertiary/aromatic N) is 2. The first-order chi connectivity index (χ1) is 11.6. The number of nitrogens with two attached hydrogens (primary N) is 1. The van der Waals surface area contributed by atoms with Gasteiger partial charge >= 0.3 is 5.97 Å². The zero-order valence-electron chi connectivity index (χ0n) is 12.5. The Labute approximate surface area is 142 Å². The highest BCUT2D eigenvalue weighted by Gasteiger charge is 2.05. The number of rotatable bonds is 5. The van der Waals surface area contributed by atoms with Crippen LogP contribution in [0.15, 0.2) is 59.0 Å². The van der Waals surface area contributed by atoms with Gasteiger partial charge in [0.05, 0.1) is 11.8 Å². The molecular weight excluding hydrogens is 324 g/mol. The van der Waals surface area contributed by atoms with Crippen LogP contribution in [0, 0.1) is 0 Å². The number of aromatic carboxylic acids is 1. The molecule has 0 amide bonds. The maximum absolute atomic E-state index is 11.1. The van der Waals surface area contributed by atoms with Gasteiger partial charge in [0.2, 0.25) is 5.13 Å². The fraction of sp³-hybridized carbons (Fsp3) is 0. The highest BCUT2D eigenvalue weighted by Crippen LogP contribution is 2.21. The lowest BCUT2D eigenvalue weighted by atomic mass is 10.0. The Balaban J connectivity index is 1.79. The summed E-state index contributed by atoms with van der Waals surface area (Å²) in [7, 11) is 0. The number of hydrogen-bond acceptors (Lipinski definition) is 6. The van der Waals surface area contributed by atoms with E-state index >= 15 is 0 Å². The largest absolute Gasteiger partial charge is 0.478 e. The molecule has 0 atom stereocenters. The number of carbonyl (C=O) groups is 1. The number of anilines is 2. The quantitative estimate of drug-likeness (QED) is 0.488. The molecule has 0 aliphatic rings. The van der Waals surface area contributed by atoms with Crippen molar-refractivity contribution >= 4 is 34.5 Å². The number of benzene rings is 2. The van der Waals surface area contributed by atoms with Crippen molar-refractivity contribution in [1.29, 1.82) is 0 Å². The number of carboxylic acid groups (broad SMARTS) is 1. The van der Waals surface area contributed by atoms with Crippen LogP contribution in [0.3, 0.4) is 0 Å². The van der Waals surface area contributed by atoms with E-state index in [1.54, 1.807) is 29.8 Å². The molecule has 0 aliphatic carbocycles. The second kappa shape index (κ2) is 6.93. The highest BCUT2D eigenvalue weighted by molar-refractivity contribution is 7.14. The number of carboxylic acids is 1. The van der Waals surface area contributed by atoms with Crippen molar-refractivity contribution in [3.63, 3.8) is 0 Å². The average molecular weight is 338 g/mol. The molecule has 1 heterocycles. The summed E-state index contributed by atoms with van der Waals surface area (Å²) in [6.07, 6.45) is 1.67. The van der Waals surface area contributed by atoms with Crippen molar-refractivity contribution in [2.24, 2.45) is 5.10 Å². The number of hydrogen-bond donors (Lipinski definition) is 3. The maximum atomic E-state index is 11.1. The van der Waals surface area contributed by atoms with E-state index in [1.165, 1.54) is 11.3 Å². The molecule has 0 spiro atoms. The highest BCUT2D eigenvalue weighted by atomic mass is 32.1. The number of hydrazone groups is 1. The van der Waals surface area contributed by atoms with Crippen molar-refractivity contribution in [2.75, 3.05) is 11.2 Å². The van der Waals surface area contributed by atoms with Gasteiger partial charge in [-0.25, -0.2) is 9.78 Å². The molecule has 0 saturated heterocycles. The fourth-order valence-electron chi connectivity index (χ4n) is 2.13. The molecule has 0 unspecified atom stereocenters. The van der Waals surface area contributed by atoms with Crippen LogP contribution in [0.2, 0.25) is 0 Å². The number of nitrogen functional groups attached to an aromatic ring is 1. The Kier molecular flexibility index (Phi) is 4.53. The Morgan fingerprint density at radius 3 is 2.67 bits per heavy atom. The molecule has 24 heavy (non-hydrogen) atoms. The van der Waals surface area contributed by atoms with Crippen molar-refractivity contribution in [2.45, 2.75) is 0 Å². The predicted molar refractivity (Wildman–Crippen MR) is 96.6 cm³/mol. The molecule has 6 nitrogen and oxygen atoms in total. The number of nitrogens with one attached hydrogen (secondary N) is 1. The van der Waals surface area contributed by atoms with Crippen LogP contribution >= 0.6 is 11.3 Å². The van der Waals surface area contributed by atoms with E-state index in [2.05, 4.69) is 15.5 Å². The molecule has 2 aromatic carbocycles. The summed E-state index contributed by atoms with van der Waals surface area (Å²) in [5.74, 6) is -0.487. The summed E-state index contributed by atoms with van der Waals surface area (Å²) in [4.78, 5) is 15.1. The van der Waals surface area contributed by atoms with Gasteiger partial charge in [0.15, 0.2) is 0 Å². The van der Waals surface area contributed by atoms with Crippen LogP contribution < -0.4 is 11.2 Å². The monoisotopic (exact) mass is 338 g/mol. The van der Waals surface area contributed by atoms with E-state index in [4.69, 9.17) is 10.8 Å². The van der Waals surface area contributed by atoms with Gasteiger partial charge in [-0.1, -0.05) is 30.3 Å². The van der Waals surface area contributed by atoms with Crippen LogP contribution in [0.4, 0.5) is 10.9 Å². The molecule has 0 radical (unpaired) electrons. The summed E-state index contributed by atoms with van der Waals surface area (Å²) < 4.78 is 0. The Morgan fingerprint density at radius 2 is 1.96 bits per heavy atom. The Morgan fingerprint density at radius 1 is 1.21 bits per heavy atom. The molecule has 0 fully saturated rings. The Bertz CT molecular complexity index is 905. The van der Waals surface area contributed by atoms with Crippen LogP contribution in [-0.2, 0) is 0 Å². The molecular formula is C17H14N4O2S. The molecule has 1 aromatic heterocycles. The van der Waals surface area contributed by atoms with E-state index in [0.29, 0.717) is 10.9 Å². The van der Waals surface area contributed by atoms with Crippen molar-refractivity contribution in [3.05, 3.63) is 65.0 Å². The number of thiazole rings is 1. The first-order valence-electron chi connectivity index (χ1n) is 7.06. The SMILES string of the molecule is Nc1csc(NN=Cc2cccc(-c3cccc(C(=O)O)c3)c2)n1. The third-order valence-electron chi connectivity index (χ3n) is 3.23. The minimum atomic E-state index is -0.943. The van der Waals surface area contributed by atoms with Crippen molar-refractivity contribution in [1.82, 2.24) is 4.98 Å². The smallest absolute Gasteiger partial charge is 0.335 e. The van der Waals surface area contributed by atoms with Crippen molar-refractivity contribution < 1.29 is 9.90 Å². The van der Waals surface area contributed by atoms with Crippen molar-refractivity contribution in [3.8, 4) is 11.1 Å². The summed E-state index contributed by atoms with van der Waals surface area (Å²) >= 11 is 1.37. The summed E-state index contributed by atoms with van der Waals surface area (Å²) in [6, 6.07) is 14.5. The summed E-state index contributed by atoms with van der Waals surface area (Å²) in [6.45, 7) is 0. The number of aromatic nitrogens is 1. The van der Waals surface area contributed by atoms with Gasteiger partial charge in [-0.05, 0) is 34.9 Å². The lowest BCUT2D eigenvalue weighted by Gasteiger charge is -2.04. The lowest BCUT2D eigenvalue weighted by molar-refractivity contribution is 0.0697. The second-order valence-corrected chi connectivity index (χ2v) is 5.82. The predicted octanol–water partition coefficient (Wildman–Crippen LogP) is 3.54. The fourth-order valence-corrected chi connectivity index (χ4v) is 2.68. The third kappa shape index (κ3) is 3.76. The molecule has 4 N–H and O–H groups in total. The minimum Gasteiger partial charge on any atom is -0.478 e. The van der Waals surface area contributed by atoms with Gasteiger partial charge in [0, 0.05) is 5.38 Å². The van der Waals surface area contributed by atoms with E-state index in [-0.39, 0.29) is 5.56 Å². The average Bonchev–Trinajstić information content (AvgIpc) is 3.00. The third-order valence-corrected chi connectivity index (χ3v) is 3.99. The Hall–Kier alpha value is -3.19. The molecule has 0 aliphatic heterocycles. The van der Waals surface area contributed by atoms with E-state index < -0.39 is 5.97 Å². The van der Waals surface area contributed by atoms with Gasteiger partial charge in [0.1, 0.15) is 5.82 Å². The van der Waals surface area contributed by atoms with Crippen LogP contribution in [0.25, 0.3) is 11.1 Å². The normalized spacial score (nSPS) is 10.8. The molecule has 120 valence electrons. The van der Waals surface area contributed by atoms with E-state index in [0.717, 1.165) is 16.7 Å². The molecule has 0 saturated carbocycles. The maximum Gasteiger partial charge on any atom is 0.335 e. The standard InChI is InChI=1S/C17H14N4O2S/c18-15-10-24-17(20-15)21-19-9-11-3-1-4-12(7-11)13-5-2-6-14(8-13)16(22)23/h1-10H,18H2,(H,20,21)(H,22,23). The molecule has 0 bridgehead atoms. The zero-order valence-corrected chi connectivity index (χ0v) is 13.3. The lowest BCUT2D eigenvalue weighted by Crippen LogP contribution is -1.96. The van der Waals surface area contributed by atoms with Gasteiger partial charge < -0.3 is 10.8 Å². The first-order valence-corrected chi connectivity index (χ1v) is 7.93. The van der Waals surface area contributed by atoms with Gasteiger partial charge in [-0.2, -0.15) is 5.10 Å². The van der Waals surface area contributed by atoms with Crippen LogP contribution in [0.1, 0.15) is 15.9 Å². The summed E-state index contributed by atoms with van der Waals surface area (Å²) in [5.41, 5.74) is 11.3. The molecule has 3 aromatic rings. The minimum absolute atomic E-state index is 0.259. The molecule has 3 rings (SSSR count). The zero-order chi connectivity index (χ0) is 16.9. The van der Waals surface area contributed by atoms with Crippen LogP contribution in [0.5, 0.6) is 0 Å². The van der Waals surface area contributed by atoms with Gasteiger partial charge in [0.25, 0.3) is 0 Å². The van der Waals surface area contributed by atoms with E-state index in [9.17, 15) is 4.79 Å². The first kappa shape index (κ1) is 15.7. The van der Waals surface area contributed by atoms with Crippen LogP contribution in [-0.4, -0.2) is 22.3 Å². The van der Waals surface area contributed by atoms with Gasteiger partial charge in [-0.15, -0.1) is 11.3 Å².